The van der Waals surface area contributed by atoms with Crippen LogP contribution in [0.1, 0.15) is 23.3 Å². The van der Waals surface area contributed by atoms with Gasteiger partial charge in [-0.05, 0) is 43.9 Å². The predicted octanol–water partition coefficient (Wildman–Crippen LogP) is 2.48. The van der Waals surface area contributed by atoms with Gasteiger partial charge in [0.2, 0.25) is 0 Å². The van der Waals surface area contributed by atoms with Gasteiger partial charge in [0.15, 0.2) is 6.10 Å². The summed E-state index contributed by atoms with van der Waals surface area (Å²) in [6.07, 6.45) is 0.291. The molecule has 3 heterocycles. The van der Waals surface area contributed by atoms with E-state index in [1.807, 2.05) is 0 Å². The number of rotatable bonds is 3. The largest absolute Gasteiger partial charge is 0.434 e. The van der Waals surface area contributed by atoms with E-state index in [-0.39, 0.29) is 6.54 Å². The Kier molecular flexibility index (Phi) is 4.09. The van der Waals surface area contributed by atoms with E-state index in [0.717, 1.165) is 17.5 Å². The molecule has 1 aromatic carbocycles. The number of H-pyrrole nitrogens is 1. The molecule has 1 unspecified atom stereocenters. The molecule has 1 aliphatic carbocycles. The van der Waals surface area contributed by atoms with Crippen LogP contribution in [0.2, 0.25) is 0 Å². The fourth-order valence-electron chi connectivity index (χ4n) is 4.06. The number of carbonyl (C=O) groups excluding carboxylic acids is 2. The summed E-state index contributed by atoms with van der Waals surface area (Å²) in [6.45, 7) is 1.75. The molecule has 2 aliphatic rings. The first-order valence-electron chi connectivity index (χ1n) is 9.53. The van der Waals surface area contributed by atoms with Gasteiger partial charge < -0.3 is 15.0 Å². The number of aromatic nitrogens is 3. The van der Waals surface area contributed by atoms with Crippen LogP contribution < -0.4 is 10.6 Å². The molecule has 1 aliphatic heterocycles. The number of aryl methyl sites for hydroxylation is 2. The van der Waals surface area contributed by atoms with E-state index in [9.17, 15) is 9.59 Å². The molecule has 0 spiro atoms. The highest BCUT2D eigenvalue weighted by molar-refractivity contribution is 5.95. The van der Waals surface area contributed by atoms with Gasteiger partial charge in [0, 0.05) is 17.2 Å². The molecule has 0 radical (unpaired) electrons. The molecule has 30 heavy (non-hydrogen) atoms. The summed E-state index contributed by atoms with van der Waals surface area (Å²) in [6, 6.07) is 4.80. The topological polar surface area (TPSA) is 127 Å². The molecular formula is C20H18FN5O4. The number of carbonyl (C=O) groups is 2. The van der Waals surface area contributed by atoms with Crippen molar-refractivity contribution in [3.8, 4) is 22.6 Å². The summed E-state index contributed by atoms with van der Waals surface area (Å²) in [7, 11) is 0. The normalized spacial score (nSPS) is 18.0. The highest BCUT2D eigenvalue weighted by Crippen LogP contribution is 2.39. The Morgan fingerprint density at radius 2 is 2.17 bits per heavy atom. The van der Waals surface area contributed by atoms with Gasteiger partial charge in [-0.15, -0.1) is 0 Å². The minimum atomic E-state index is -1.05. The third kappa shape index (κ3) is 2.83. The summed E-state index contributed by atoms with van der Waals surface area (Å²) < 4.78 is 25.4. The monoisotopic (exact) mass is 411 g/mol. The predicted molar refractivity (Wildman–Crippen MR) is 103 cm³/mol. The van der Waals surface area contributed by atoms with Crippen LogP contribution >= 0.6 is 0 Å². The fraction of sp³-hybridized carbons (Fsp3) is 0.300. The maximum Gasteiger partial charge on any atom is 0.415 e. The van der Waals surface area contributed by atoms with Gasteiger partial charge in [-0.1, -0.05) is 5.16 Å². The Balaban J connectivity index is 1.57. The molecule has 10 heteroatoms. The first-order chi connectivity index (χ1) is 14.4. The van der Waals surface area contributed by atoms with E-state index in [2.05, 4.69) is 15.4 Å². The first kappa shape index (κ1) is 18.3. The second-order valence-corrected chi connectivity index (χ2v) is 7.45. The van der Waals surface area contributed by atoms with E-state index in [1.54, 1.807) is 19.1 Å². The average molecular weight is 411 g/mol. The molecule has 3 aromatic rings. The zero-order chi connectivity index (χ0) is 21.0. The van der Waals surface area contributed by atoms with Crippen LogP contribution in [0, 0.1) is 12.7 Å². The van der Waals surface area contributed by atoms with Gasteiger partial charge in [-0.3, -0.25) is 14.8 Å². The van der Waals surface area contributed by atoms with Crippen LogP contribution in [0.15, 0.2) is 22.7 Å². The number of nitrogens with one attached hydrogen (secondary N) is 1. The van der Waals surface area contributed by atoms with Crippen molar-refractivity contribution in [1.82, 2.24) is 15.4 Å². The molecule has 3 N–H and O–H groups in total. The quantitative estimate of drug-likeness (QED) is 0.682. The smallest absolute Gasteiger partial charge is 0.415 e. The van der Waals surface area contributed by atoms with Crippen molar-refractivity contribution in [2.45, 2.75) is 32.3 Å². The zero-order valence-corrected chi connectivity index (χ0v) is 16.1. The molecule has 0 saturated carbocycles. The van der Waals surface area contributed by atoms with Gasteiger partial charge in [0.05, 0.1) is 17.9 Å². The number of fused-ring (bicyclic) bond motifs is 3. The van der Waals surface area contributed by atoms with Crippen molar-refractivity contribution in [2.75, 3.05) is 11.4 Å². The van der Waals surface area contributed by atoms with Crippen LogP contribution in [-0.4, -0.2) is 40.0 Å². The molecule has 1 saturated heterocycles. The summed E-state index contributed by atoms with van der Waals surface area (Å²) in [4.78, 5) is 24.7. The molecule has 5 rings (SSSR count). The van der Waals surface area contributed by atoms with Crippen LogP contribution in [0.5, 0.6) is 0 Å². The number of primary amides is 1. The Labute approximate surface area is 170 Å². The lowest BCUT2D eigenvalue weighted by atomic mass is 9.99. The summed E-state index contributed by atoms with van der Waals surface area (Å²) >= 11 is 0. The number of aromatic amines is 1. The molecule has 2 amide bonds. The third-order valence-electron chi connectivity index (χ3n) is 5.46. The molecule has 0 bridgehead atoms. The summed E-state index contributed by atoms with van der Waals surface area (Å²) in [5.41, 5.74) is 9.44. The minimum absolute atomic E-state index is 0.0443. The van der Waals surface area contributed by atoms with Crippen molar-refractivity contribution >= 4 is 17.7 Å². The second-order valence-electron chi connectivity index (χ2n) is 7.45. The van der Waals surface area contributed by atoms with Gasteiger partial charge in [0.25, 0.3) is 5.91 Å². The number of anilines is 1. The van der Waals surface area contributed by atoms with Crippen LogP contribution in [-0.2, 0) is 22.4 Å². The van der Waals surface area contributed by atoms with Crippen LogP contribution in [0.25, 0.3) is 22.6 Å². The standard InChI is InChI=1S/C20H18FN5O4/c1-9-5-14(25-30-9)17-12-4-2-3-10-6-11(7-13(21)16(10)18(12)24-23-17)26-8-15(19(22)27)29-20(26)28/h5-7,15H,2-4,8H2,1H3,(H2,22,27)(H,23,24). The summed E-state index contributed by atoms with van der Waals surface area (Å²) in [5, 5.41) is 11.3. The number of hydrogen-bond acceptors (Lipinski definition) is 6. The number of hydrogen-bond donors (Lipinski definition) is 2. The van der Waals surface area contributed by atoms with Crippen LogP contribution in [0.4, 0.5) is 14.9 Å². The molecule has 9 nitrogen and oxygen atoms in total. The number of ether oxygens (including phenoxy) is 1. The van der Waals surface area contributed by atoms with E-state index in [0.29, 0.717) is 46.9 Å². The molecule has 1 fully saturated rings. The molecule has 2 aromatic heterocycles. The second kappa shape index (κ2) is 6.68. The van der Waals surface area contributed by atoms with Gasteiger partial charge >= 0.3 is 6.09 Å². The maximum absolute atomic E-state index is 15.3. The first-order valence-corrected chi connectivity index (χ1v) is 9.53. The summed E-state index contributed by atoms with van der Waals surface area (Å²) in [5.74, 6) is -0.565. The Morgan fingerprint density at radius 1 is 1.33 bits per heavy atom. The third-order valence-corrected chi connectivity index (χ3v) is 5.46. The number of benzene rings is 1. The number of nitrogens with zero attached hydrogens (tertiary/aromatic N) is 3. The Hall–Kier alpha value is -3.69. The van der Waals surface area contributed by atoms with Crippen molar-refractivity contribution in [1.29, 1.82) is 0 Å². The lowest BCUT2D eigenvalue weighted by Crippen LogP contribution is -2.32. The number of amides is 2. The Morgan fingerprint density at radius 3 is 2.87 bits per heavy atom. The van der Waals surface area contributed by atoms with E-state index in [4.69, 9.17) is 15.0 Å². The minimum Gasteiger partial charge on any atom is -0.434 e. The highest BCUT2D eigenvalue weighted by atomic mass is 19.1. The molecular weight excluding hydrogens is 393 g/mol. The number of cyclic esters (lactones) is 1. The highest BCUT2D eigenvalue weighted by Gasteiger charge is 2.37. The van der Waals surface area contributed by atoms with Crippen molar-refractivity contribution in [3.63, 3.8) is 0 Å². The van der Waals surface area contributed by atoms with Gasteiger partial charge in [-0.25, -0.2) is 9.18 Å². The van der Waals surface area contributed by atoms with E-state index < -0.39 is 23.9 Å². The Bertz CT molecular complexity index is 1180. The lowest BCUT2D eigenvalue weighted by Gasteiger charge is -2.16. The molecule has 154 valence electrons. The van der Waals surface area contributed by atoms with Crippen LogP contribution in [0.3, 0.4) is 0 Å². The molecule has 1 atom stereocenters. The van der Waals surface area contributed by atoms with Crippen molar-refractivity contribution < 1.29 is 23.2 Å². The number of halogens is 1. The fourth-order valence-corrected chi connectivity index (χ4v) is 4.06. The van der Waals surface area contributed by atoms with Gasteiger partial charge in [-0.2, -0.15) is 5.10 Å². The van der Waals surface area contributed by atoms with Gasteiger partial charge in [0.1, 0.15) is 23.0 Å². The van der Waals surface area contributed by atoms with Crippen molar-refractivity contribution in [2.24, 2.45) is 5.73 Å². The van der Waals surface area contributed by atoms with E-state index in [1.165, 1.54) is 11.0 Å². The SMILES string of the molecule is Cc1cc(-c2n[nH]c3c2CCCc2cc(N4CC(C(N)=O)OC4=O)cc(F)c2-3)no1. The van der Waals surface area contributed by atoms with Crippen molar-refractivity contribution in [3.05, 3.63) is 40.9 Å². The zero-order valence-electron chi connectivity index (χ0n) is 16.1. The van der Waals surface area contributed by atoms with E-state index >= 15 is 4.39 Å². The lowest BCUT2D eigenvalue weighted by molar-refractivity contribution is -0.124. The maximum atomic E-state index is 15.3. The average Bonchev–Trinajstić information content (AvgIpc) is 3.37. The number of nitrogens with two attached hydrogens (primary N) is 1.